The number of nitrogen functional groups attached to an aromatic ring is 1. The molecule has 0 bridgehead atoms. The third kappa shape index (κ3) is 5.58. The van der Waals surface area contributed by atoms with Crippen LogP contribution in [0, 0.1) is 0 Å². The monoisotopic (exact) mass is 284 g/mol. The molecule has 0 amide bonds. The smallest absolute Gasteiger partial charge is 0.507 e. The summed E-state index contributed by atoms with van der Waals surface area (Å²) in [6, 6.07) is 8.74. The predicted molar refractivity (Wildman–Crippen MR) is 75.4 cm³/mol. The lowest BCUT2D eigenvalue weighted by Crippen LogP contribution is -2.07. The number of hydrogen-bond donors (Lipinski definition) is 5. The molecule has 0 aliphatic rings. The van der Waals surface area contributed by atoms with Gasteiger partial charge in [-0.3, -0.25) is 4.98 Å². The maximum absolute atomic E-state index is 9.64. The van der Waals surface area contributed by atoms with Gasteiger partial charge in [0.05, 0.1) is 0 Å². The fourth-order valence-electron chi connectivity index (χ4n) is 1.38. The molecule has 0 spiro atoms. The zero-order valence-corrected chi connectivity index (χ0v) is 10.7. The summed E-state index contributed by atoms with van der Waals surface area (Å²) in [4.78, 5) is 3.98. The maximum atomic E-state index is 9.64. The van der Waals surface area contributed by atoms with Crippen LogP contribution in [0.2, 0.25) is 0 Å². The van der Waals surface area contributed by atoms with E-state index in [4.69, 9.17) is 20.8 Å². The summed E-state index contributed by atoms with van der Waals surface area (Å²) >= 11 is 0. The highest BCUT2D eigenvalue weighted by atomic mass is 35.5. The Morgan fingerprint density at radius 2 is 1.68 bits per heavy atom. The van der Waals surface area contributed by atoms with Crippen LogP contribution < -0.4 is 5.73 Å². The number of nitrogens with two attached hydrogens (primary N) is 1. The molecule has 2 aromatic rings. The predicted octanol–water partition coefficient (Wildman–Crippen LogP) is 0.406. The lowest BCUT2D eigenvalue weighted by Gasteiger charge is -2.06. The molecule has 0 saturated heterocycles. The first-order valence-corrected chi connectivity index (χ1v) is 5.04. The molecule has 2 rings (SSSR count). The fraction of sp³-hybridized carbons (Fsp3) is 0. The van der Waals surface area contributed by atoms with Gasteiger partial charge in [-0.25, -0.2) is 0 Å². The van der Waals surface area contributed by atoms with Gasteiger partial charge in [-0.15, -0.1) is 12.4 Å². The molecule has 0 atom stereocenters. The third-order valence-electron chi connectivity index (χ3n) is 2.02. The Balaban J connectivity index is 0.000000576. The summed E-state index contributed by atoms with van der Waals surface area (Å²) in [5.41, 5.74) is 7.78. The zero-order valence-electron chi connectivity index (χ0n) is 9.84. The second kappa shape index (κ2) is 8.33. The van der Waals surface area contributed by atoms with E-state index in [1.54, 1.807) is 36.7 Å². The Hall–Kier alpha value is -1.80. The molecule has 6 nitrogen and oxygen atoms in total. The highest BCUT2D eigenvalue weighted by molar-refractivity contribution is 6.30. The van der Waals surface area contributed by atoms with E-state index < -0.39 is 7.32 Å². The van der Waals surface area contributed by atoms with Crippen LogP contribution in [-0.2, 0) is 0 Å². The molecule has 1 aromatic heterocycles. The summed E-state index contributed by atoms with van der Waals surface area (Å²) in [6.45, 7) is 0. The van der Waals surface area contributed by atoms with E-state index in [-0.39, 0.29) is 18.2 Å². The lowest BCUT2D eigenvalue weighted by molar-refractivity contribution is 0.278. The number of aromatic nitrogens is 1. The van der Waals surface area contributed by atoms with Crippen molar-refractivity contribution in [1.29, 1.82) is 0 Å². The molecule has 19 heavy (non-hydrogen) atoms. The van der Waals surface area contributed by atoms with Crippen molar-refractivity contribution in [3.8, 4) is 16.9 Å². The van der Waals surface area contributed by atoms with Crippen LogP contribution in [0.15, 0.2) is 42.7 Å². The number of rotatable bonds is 1. The average molecular weight is 285 g/mol. The van der Waals surface area contributed by atoms with Crippen molar-refractivity contribution in [2.24, 2.45) is 0 Å². The van der Waals surface area contributed by atoms with E-state index >= 15 is 0 Å². The number of phenolic OH excluding ortho intramolecular Hbond substituents is 1. The van der Waals surface area contributed by atoms with Crippen LogP contribution in [0.25, 0.3) is 11.1 Å². The van der Waals surface area contributed by atoms with Gasteiger partial charge in [-0.1, -0.05) is 12.1 Å². The molecular weight excluding hydrogens is 270 g/mol. The zero-order chi connectivity index (χ0) is 13.5. The second-order valence-electron chi connectivity index (χ2n) is 3.33. The molecule has 0 aliphatic carbocycles. The molecule has 0 fully saturated rings. The number of hydrogen-bond acceptors (Lipinski definition) is 6. The number of phenols is 1. The van der Waals surface area contributed by atoms with Crippen molar-refractivity contribution in [1.82, 2.24) is 4.98 Å². The SMILES string of the molecule is Cl.Nc1cccc(O)c1-c1cccnc1.OB(O)O. The van der Waals surface area contributed by atoms with Crippen LogP contribution in [0.1, 0.15) is 0 Å². The Morgan fingerprint density at radius 3 is 2.16 bits per heavy atom. The summed E-state index contributed by atoms with van der Waals surface area (Å²) in [5, 5.41) is 31.1. The van der Waals surface area contributed by atoms with E-state index in [1.165, 1.54) is 0 Å². The van der Waals surface area contributed by atoms with Crippen molar-refractivity contribution in [2.45, 2.75) is 0 Å². The van der Waals surface area contributed by atoms with E-state index in [0.717, 1.165) is 5.56 Å². The molecule has 0 radical (unpaired) electrons. The summed E-state index contributed by atoms with van der Waals surface area (Å²) in [5.74, 6) is 0.179. The first kappa shape index (κ1) is 17.2. The van der Waals surface area contributed by atoms with E-state index in [0.29, 0.717) is 11.3 Å². The minimum absolute atomic E-state index is 0. The minimum atomic E-state index is -2.17. The molecule has 8 heteroatoms. The van der Waals surface area contributed by atoms with Gasteiger partial charge in [0.25, 0.3) is 0 Å². The summed E-state index contributed by atoms with van der Waals surface area (Å²) < 4.78 is 0. The van der Waals surface area contributed by atoms with Gasteiger partial charge in [0.2, 0.25) is 0 Å². The number of nitrogens with zero attached hydrogens (tertiary/aromatic N) is 1. The molecule has 0 unspecified atom stereocenters. The quantitative estimate of drug-likeness (QED) is 0.382. The van der Waals surface area contributed by atoms with Crippen molar-refractivity contribution in [2.75, 3.05) is 5.73 Å². The van der Waals surface area contributed by atoms with Crippen LogP contribution in [-0.4, -0.2) is 32.5 Å². The first-order valence-electron chi connectivity index (χ1n) is 5.04. The number of anilines is 1. The third-order valence-corrected chi connectivity index (χ3v) is 2.02. The molecule has 0 saturated carbocycles. The van der Waals surface area contributed by atoms with Gasteiger partial charge in [-0.2, -0.15) is 0 Å². The lowest BCUT2D eigenvalue weighted by atomic mass is 10.0. The number of benzene rings is 1. The normalized spacial score (nSPS) is 8.79. The number of aromatic hydroxyl groups is 1. The van der Waals surface area contributed by atoms with Crippen LogP contribution in [0.3, 0.4) is 0 Å². The average Bonchev–Trinajstić information content (AvgIpc) is 2.29. The Bertz CT molecular complexity index is 476. The largest absolute Gasteiger partial charge is 0.631 e. The van der Waals surface area contributed by atoms with E-state index in [2.05, 4.69) is 4.98 Å². The van der Waals surface area contributed by atoms with Crippen molar-refractivity contribution >= 4 is 25.4 Å². The molecule has 0 aliphatic heterocycles. The Kier molecular flexibility index (Phi) is 7.54. The maximum Gasteiger partial charge on any atom is 0.631 e. The standard InChI is InChI=1S/C11H10N2O.BH3O3.ClH/c12-9-4-1-5-10(14)11(9)8-3-2-6-13-7-8;2-1(3)4;/h1-7,14H,12H2;2-4H;1H. The van der Waals surface area contributed by atoms with Crippen molar-refractivity contribution < 1.29 is 20.2 Å². The number of pyridine rings is 1. The molecule has 1 heterocycles. The Labute approximate surface area is 116 Å². The van der Waals surface area contributed by atoms with Gasteiger partial charge in [-0.05, 0) is 18.2 Å². The first-order chi connectivity index (χ1) is 8.52. The topological polar surface area (TPSA) is 120 Å². The summed E-state index contributed by atoms with van der Waals surface area (Å²) in [7, 11) is -2.17. The van der Waals surface area contributed by atoms with Gasteiger partial charge >= 0.3 is 7.32 Å². The highest BCUT2D eigenvalue weighted by Crippen LogP contribution is 2.33. The van der Waals surface area contributed by atoms with Gasteiger partial charge in [0, 0.05) is 29.2 Å². The Morgan fingerprint density at radius 1 is 1.05 bits per heavy atom. The minimum Gasteiger partial charge on any atom is -0.507 e. The van der Waals surface area contributed by atoms with Crippen molar-refractivity contribution in [3.05, 3.63) is 42.7 Å². The summed E-state index contributed by atoms with van der Waals surface area (Å²) in [6.07, 6.45) is 3.35. The molecule has 6 N–H and O–H groups in total. The molecular formula is C11H14BClN2O4. The van der Waals surface area contributed by atoms with E-state index in [1.807, 2.05) is 6.07 Å². The van der Waals surface area contributed by atoms with Crippen LogP contribution in [0.5, 0.6) is 5.75 Å². The van der Waals surface area contributed by atoms with Gasteiger partial charge in [0.15, 0.2) is 0 Å². The molecule has 102 valence electrons. The van der Waals surface area contributed by atoms with E-state index in [9.17, 15) is 5.11 Å². The molecule has 1 aromatic carbocycles. The van der Waals surface area contributed by atoms with Gasteiger partial charge < -0.3 is 25.9 Å². The van der Waals surface area contributed by atoms with Crippen LogP contribution in [0.4, 0.5) is 5.69 Å². The fourth-order valence-corrected chi connectivity index (χ4v) is 1.38. The van der Waals surface area contributed by atoms with Crippen LogP contribution >= 0.6 is 12.4 Å². The number of halogens is 1. The van der Waals surface area contributed by atoms with Gasteiger partial charge in [0.1, 0.15) is 5.75 Å². The van der Waals surface area contributed by atoms with Crippen molar-refractivity contribution in [3.63, 3.8) is 0 Å². The second-order valence-corrected chi connectivity index (χ2v) is 3.33. The highest BCUT2D eigenvalue weighted by Gasteiger charge is 2.06.